The van der Waals surface area contributed by atoms with Crippen molar-refractivity contribution >= 4 is 5.78 Å². The highest BCUT2D eigenvalue weighted by atomic mass is 16.1. The molecule has 0 aliphatic carbocycles. The minimum atomic E-state index is 0.171. The van der Waals surface area contributed by atoms with Gasteiger partial charge in [0.1, 0.15) is 0 Å². The SMILES string of the molecule is Cc1ccc(CC(=O)c2ccccc2)cc1. The Kier molecular flexibility index (Phi) is 3.16. The van der Waals surface area contributed by atoms with E-state index in [9.17, 15) is 4.79 Å². The van der Waals surface area contributed by atoms with Gasteiger partial charge in [0, 0.05) is 12.0 Å². The van der Waals surface area contributed by atoms with Gasteiger partial charge in [-0.25, -0.2) is 0 Å². The van der Waals surface area contributed by atoms with E-state index in [0.29, 0.717) is 6.42 Å². The molecular weight excluding hydrogens is 196 g/mol. The first-order chi connectivity index (χ1) is 7.75. The minimum absolute atomic E-state index is 0.171. The highest BCUT2D eigenvalue weighted by Crippen LogP contribution is 2.08. The molecule has 0 amide bonds. The largest absolute Gasteiger partial charge is 0.294 e. The van der Waals surface area contributed by atoms with Crippen molar-refractivity contribution in [2.45, 2.75) is 13.3 Å². The van der Waals surface area contributed by atoms with Gasteiger partial charge in [0.15, 0.2) is 5.78 Å². The number of carbonyl (C=O) groups excluding carboxylic acids is 1. The molecule has 80 valence electrons. The van der Waals surface area contributed by atoms with Gasteiger partial charge in [-0.2, -0.15) is 0 Å². The highest BCUT2D eigenvalue weighted by molar-refractivity contribution is 5.97. The van der Waals surface area contributed by atoms with Crippen LogP contribution in [-0.2, 0) is 6.42 Å². The summed E-state index contributed by atoms with van der Waals surface area (Å²) in [6.07, 6.45) is 0.476. The summed E-state index contributed by atoms with van der Waals surface area (Å²) in [6, 6.07) is 17.5. The number of aryl methyl sites for hydroxylation is 1. The van der Waals surface area contributed by atoms with Crippen molar-refractivity contribution < 1.29 is 4.79 Å². The predicted octanol–water partition coefficient (Wildman–Crippen LogP) is 3.42. The van der Waals surface area contributed by atoms with Crippen molar-refractivity contribution in [3.05, 3.63) is 71.3 Å². The molecule has 2 aromatic rings. The molecule has 0 aliphatic rings. The first kappa shape index (κ1) is 10.6. The van der Waals surface area contributed by atoms with Crippen LogP contribution in [0.15, 0.2) is 54.6 Å². The Morgan fingerprint density at radius 2 is 1.56 bits per heavy atom. The second-order valence-corrected chi connectivity index (χ2v) is 3.95. The fourth-order valence-electron chi connectivity index (χ4n) is 1.62. The fraction of sp³-hybridized carbons (Fsp3) is 0.133. The van der Waals surface area contributed by atoms with Gasteiger partial charge in [0.25, 0.3) is 0 Å². The standard InChI is InChI=1S/C15H14O/c1-12-7-9-13(10-8-12)11-15(16)14-5-3-2-4-6-14/h2-10H,11H2,1H3. The second kappa shape index (κ2) is 4.75. The fourth-order valence-corrected chi connectivity index (χ4v) is 1.62. The molecule has 0 saturated heterocycles. The first-order valence-corrected chi connectivity index (χ1v) is 5.39. The average Bonchev–Trinajstić information content (AvgIpc) is 2.33. The number of ketones is 1. The smallest absolute Gasteiger partial charge is 0.167 e. The Morgan fingerprint density at radius 1 is 0.938 bits per heavy atom. The molecule has 0 N–H and O–H groups in total. The van der Waals surface area contributed by atoms with Gasteiger partial charge in [0.05, 0.1) is 0 Å². The average molecular weight is 210 g/mol. The summed E-state index contributed by atoms with van der Waals surface area (Å²) in [5.41, 5.74) is 3.07. The zero-order valence-corrected chi connectivity index (χ0v) is 9.31. The second-order valence-electron chi connectivity index (χ2n) is 3.95. The Morgan fingerprint density at radius 3 is 2.19 bits per heavy atom. The number of hydrogen-bond acceptors (Lipinski definition) is 1. The Labute approximate surface area is 95.7 Å². The van der Waals surface area contributed by atoms with Crippen molar-refractivity contribution in [1.29, 1.82) is 0 Å². The van der Waals surface area contributed by atoms with E-state index < -0.39 is 0 Å². The summed E-state index contributed by atoms with van der Waals surface area (Å²) >= 11 is 0. The zero-order valence-electron chi connectivity index (χ0n) is 9.31. The Hall–Kier alpha value is -1.89. The first-order valence-electron chi connectivity index (χ1n) is 5.39. The molecule has 0 radical (unpaired) electrons. The number of Topliss-reactive ketones (excluding diaryl/α,β-unsaturated/α-hetero) is 1. The van der Waals surface area contributed by atoms with Crippen molar-refractivity contribution in [2.75, 3.05) is 0 Å². The van der Waals surface area contributed by atoms with Crippen LogP contribution in [0.3, 0.4) is 0 Å². The molecule has 0 unspecified atom stereocenters. The molecule has 0 atom stereocenters. The summed E-state index contributed by atoms with van der Waals surface area (Å²) in [7, 11) is 0. The third kappa shape index (κ3) is 2.57. The Balaban J connectivity index is 2.11. The van der Waals surface area contributed by atoms with E-state index in [1.165, 1.54) is 5.56 Å². The van der Waals surface area contributed by atoms with Gasteiger partial charge in [-0.1, -0.05) is 60.2 Å². The molecule has 0 aromatic heterocycles. The lowest BCUT2D eigenvalue weighted by molar-refractivity contribution is 0.0993. The van der Waals surface area contributed by atoms with E-state index in [1.54, 1.807) is 0 Å². The van der Waals surface area contributed by atoms with E-state index in [4.69, 9.17) is 0 Å². The topological polar surface area (TPSA) is 17.1 Å². The van der Waals surface area contributed by atoms with Gasteiger partial charge in [-0.3, -0.25) is 4.79 Å². The lowest BCUT2D eigenvalue weighted by Gasteiger charge is -2.01. The van der Waals surface area contributed by atoms with Crippen LogP contribution in [0, 0.1) is 6.92 Å². The van der Waals surface area contributed by atoms with Crippen LogP contribution in [0.1, 0.15) is 21.5 Å². The maximum absolute atomic E-state index is 11.9. The third-order valence-corrected chi connectivity index (χ3v) is 2.58. The molecule has 2 aromatic carbocycles. The van der Waals surface area contributed by atoms with Crippen molar-refractivity contribution in [3.8, 4) is 0 Å². The molecule has 0 aliphatic heterocycles. The molecule has 0 spiro atoms. The maximum atomic E-state index is 11.9. The van der Waals surface area contributed by atoms with E-state index in [2.05, 4.69) is 0 Å². The van der Waals surface area contributed by atoms with Gasteiger partial charge in [0.2, 0.25) is 0 Å². The van der Waals surface area contributed by atoms with Gasteiger partial charge >= 0.3 is 0 Å². The molecule has 2 rings (SSSR count). The van der Waals surface area contributed by atoms with Gasteiger partial charge in [-0.05, 0) is 12.5 Å². The normalized spacial score (nSPS) is 10.1. The predicted molar refractivity (Wildman–Crippen MR) is 65.7 cm³/mol. The molecule has 0 saturated carbocycles. The van der Waals surface area contributed by atoms with Crippen LogP contribution in [0.5, 0.6) is 0 Å². The molecule has 0 heterocycles. The summed E-state index contributed by atoms with van der Waals surface area (Å²) in [5.74, 6) is 0.171. The van der Waals surface area contributed by atoms with E-state index in [1.807, 2.05) is 61.5 Å². The highest BCUT2D eigenvalue weighted by Gasteiger charge is 2.05. The lowest BCUT2D eigenvalue weighted by Crippen LogP contribution is -2.02. The monoisotopic (exact) mass is 210 g/mol. The molecule has 0 fully saturated rings. The molecular formula is C15H14O. The van der Waals surface area contributed by atoms with E-state index in [0.717, 1.165) is 11.1 Å². The van der Waals surface area contributed by atoms with Gasteiger partial charge < -0.3 is 0 Å². The summed E-state index contributed by atoms with van der Waals surface area (Å²) in [4.78, 5) is 11.9. The van der Waals surface area contributed by atoms with Crippen LogP contribution >= 0.6 is 0 Å². The van der Waals surface area contributed by atoms with E-state index >= 15 is 0 Å². The molecule has 0 bridgehead atoms. The number of benzene rings is 2. The number of rotatable bonds is 3. The van der Waals surface area contributed by atoms with Crippen molar-refractivity contribution in [2.24, 2.45) is 0 Å². The molecule has 1 heteroatoms. The lowest BCUT2D eigenvalue weighted by atomic mass is 10.0. The van der Waals surface area contributed by atoms with Crippen LogP contribution in [0.25, 0.3) is 0 Å². The van der Waals surface area contributed by atoms with Crippen LogP contribution < -0.4 is 0 Å². The number of hydrogen-bond donors (Lipinski definition) is 0. The Bertz CT molecular complexity index is 469. The maximum Gasteiger partial charge on any atom is 0.167 e. The van der Waals surface area contributed by atoms with Crippen LogP contribution in [0.4, 0.5) is 0 Å². The van der Waals surface area contributed by atoms with Crippen LogP contribution in [0.2, 0.25) is 0 Å². The third-order valence-electron chi connectivity index (χ3n) is 2.58. The summed E-state index contributed by atoms with van der Waals surface area (Å²) < 4.78 is 0. The summed E-state index contributed by atoms with van der Waals surface area (Å²) in [5, 5.41) is 0. The zero-order chi connectivity index (χ0) is 11.4. The van der Waals surface area contributed by atoms with Crippen molar-refractivity contribution in [1.82, 2.24) is 0 Å². The molecule has 1 nitrogen and oxygen atoms in total. The van der Waals surface area contributed by atoms with E-state index in [-0.39, 0.29) is 5.78 Å². The van der Waals surface area contributed by atoms with Crippen molar-refractivity contribution in [3.63, 3.8) is 0 Å². The summed E-state index contributed by atoms with van der Waals surface area (Å²) in [6.45, 7) is 2.04. The quantitative estimate of drug-likeness (QED) is 0.709. The van der Waals surface area contributed by atoms with Gasteiger partial charge in [-0.15, -0.1) is 0 Å². The number of carbonyl (C=O) groups is 1. The van der Waals surface area contributed by atoms with Crippen LogP contribution in [-0.4, -0.2) is 5.78 Å². The minimum Gasteiger partial charge on any atom is -0.294 e. The molecule has 16 heavy (non-hydrogen) atoms.